The van der Waals surface area contributed by atoms with Gasteiger partial charge in [-0.25, -0.2) is 5.43 Å². The van der Waals surface area contributed by atoms with E-state index in [0.717, 1.165) is 0 Å². The highest BCUT2D eigenvalue weighted by atomic mass is 79.9. The van der Waals surface area contributed by atoms with E-state index in [-0.39, 0.29) is 6.61 Å². The molecule has 0 aliphatic rings. The first-order valence-corrected chi connectivity index (χ1v) is 8.85. The van der Waals surface area contributed by atoms with E-state index < -0.39 is 5.91 Å². The van der Waals surface area contributed by atoms with Crippen molar-refractivity contribution in [1.82, 2.24) is 5.43 Å². The second-order valence-electron chi connectivity index (χ2n) is 5.12. The summed E-state index contributed by atoms with van der Waals surface area (Å²) in [5.74, 6) is 1.54. The highest BCUT2D eigenvalue weighted by Crippen LogP contribution is 2.37. The van der Waals surface area contributed by atoms with Gasteiger partial charge in [0.2, 0.25) is 5.75 Å². The average molecular weight is 458 g/mol. The standard InChI is InChI=1S/C18H18BrClN2O5/c1-24-15-6-11(7-16(25-2)18(15)26-3)9-21-22-17(23)10-27-14-5-4-12(20)8-13(14)19/h4-9H,10H2,1-3H3,(H,22,23)/b21-9-. The van der Waals surface area contributed by atoms with Crippen molar-refractivity contribution in [3.05, 3.63) is 45.4 Å². The number of amides is 1. The largest absolute Gasteiger partial charge is 0.493 e. The zero-order valence-corrected chi connectivity index (χ0v) is 17.3. The fourth-order valence-corrected chi connectivity index (χ4v) is 2.92. The summed E-state index contributed by atoms with van der Waals surface area (Å²) in [6.45, 7) is -0.202. The van der Waals surface area contributed by atoms with Gasteiger partial charge in [0.25, 0.3) is 5.91 Å². The maximum Gasteiger partial charge on any atom is 0.277 e. The van der Waals surface area contributed by atoms with Crippen molar-refractivity contribution in [1.29, 1.82) is 0 Å². The van der Waals surface area contributed by atoms with Crippen LogP contribution in [0.4, 0.5) is 0 Å². The van der Waals surface area contributed by atoms with Crippen LogP contribution in [-0.2, 0) is 4.79 Å². The summed E-state index contributed by atoms with van der Waals surface area (Å²) in [6, 6.07) is 8.43. The number of nitrogens with one attached hydrogen (secondary N) is 1. The molecule has 0 aliphatic carbocycles. The van der Waals surface area contributed by atoms with Crippen molar-refractivity contribution in [3.8, 4) is 23.0 Å². The van der Waals surface area contributed by atoms with E-state index >= 15 is 0 Å². The molecule has 0 heterocycles. The number of hydrogen-bond donors (Lipinski definition) is 1. The Morgan fingerprint density at radius 1 is 1.11 bits per heavy atom. The van der Waals surface area contributed by atoms with Crippen molar-refractivity contribution < 1.29 is 23.7 Å². The Morgan fingerprint density at radius 3 is 2.33 bits per heavy atom. The molecular formula is C18H18BrClN2O5. The first-order valence-electron chi connectivity index (χ1n) is 7.68. The van der Waals surface area contributed by atoms with Crippen LogP contribution in [0.5, 0.6) is 23.0 Å². The number of hydrazone groups is 1. The van der Waals surface area contributed by atoms with Crippen molar-refractivity contribution in [2.45, 2.75) is 0 Å². The van der Waals surface area contributed by atoms with Crippen LogP contribution in [0.25, 0.3) is 0 Å². The molecule has 2 rings (SSSR count). The smallest absolute Gasteiger partial charge is 0.277 e. The number of carbonyl (C=O) groups excluding carboxylic acids is 1. The topological polar surface area (TPSA) is 78.4 Å². The summed E-state index contributed by atoms with van der Waals surface area (Å²) in [5, 5.41) is 4.47. The van der Waals surface area contributed by atoms with E-state index in [1.807, 2.05) is 0 Å². The lowest BCUT2D eigenvalue weighted by molar-refractivity contribution is -0.123. The molecule has 0 spiro atoms. The molecule has 0 aliphatic heterocycles. The van der Waals surface area contributed by atoms with Crippen molar-refractivity contribution in [2.75, 3.05) is 27.9 Å². The Bertz CT molecular complexity index is 819. The number of hydrogen-bond acceptors (Lipinski definition) is 6. The Morgan fingerprint density at radius 2 is 1.78 bits per heavy atom. The highest BCUT2D eigenvalue weighted by Gasteiger charge is 2.12. The summed E-state index contributed by atoms with van der Waals surface area (Å²) in [5.41, 5.74) is 3.05. The molecule has 0 radical (unpaired) electrons. The first kappa shape index (κ1) is 20.9. The summed E-state index contributed by atoms with van der Waals surface area (Å²) in [4.78, 5) is 11.9. The number of carbonyl (C=O) groups is 1. The molecule has 0 atom stereocenters. The highest BCUT2D eigenvalue weighted by molar-refractivity contribution is 9.10. The first-order chi connectivity index (χ1) is 13.0. The van der Waals surface area contributed by atoms with Crippen LogP contribution in [-0.4, -0.2) is 40.1 Å². The van der Waals surface area contributed by atoms with E-state index in [1.54, 1.807) is 30.3 Å². The van der Waals surface area contributed by atoms with Crippen molar-refractivity contribution >= 4 is 39.7 Å². The van der Waals surface area contributed by atoms with E-state index in [2.05, 4.69) is 26.5 Å². The minimum Gasteiger partial charge on any atom is -0.493 e. The summed E-state index contributed by atoms with van der Waals surface area (Å²) < 4.78 is 21.9. The Kier molecular flexibility index (Phi) is 7.75. The van der Waals surface area contributed by atoms with E-state index in [4.69, 9.17) is 30.5 Å². The lowest BCUT2D eigenvalue weighted by Gasteiger charge is -2.12. The van der Waals surface area contributed by atoms with Gasteiger partial charge in [0.1, 0.15) is 5.75 Å². The maximum atomic E-state index is 11.9. The summed E-state index contributed by atoms with van der Waals surface area (Å²) in [6.07, 6.45) is 1.46. The van der Waals surface area contributed by atoms with Gasteiger partial charge >= 0.3 is 0 Å². The van der Waals surface area contributed by atoms with Crippen LogP contribution in [0, 0.1) is 0 Å². The van der Waals surface area contributed by atoms with Crippen LogP contribution in [0.2, 0.25) is 5.02 Å². The summed E-state index contributed by atoms with van der Waals surface area (Å²) >= 11 is 9.17. The second-order valence-corrected chi connectivity index (χ2v) is 6.41. The third kappa shape index (κ3) is 5.77. The SMILES string of the molecule is COc1cc(/C=N\NC(=O)COc2ccc(Cl)cc2Br)cc(OC)c1OC. The normalized spacial score (nSPS) is 10.6. The predicted octanol–water partition coefficient (Wildman–Crippen LogP) is 3.66. The predicted molar refractivity (Wildman–Crippen MR) is 106 cm³/mol. The van der Waals surface area contributed by atoms with Gasteiger partial charge in [-0.15, -0.1) is 0 Å². The van der Waals surface area contributed by atoms with Gasteiger partial charge in [-0.1, -0.05) is 11.6 Å². The molecule has 9 heteroatoms. The number of ether oxygens (including phenoxy) is 4. The molecular weight excluding hydrogens is 440 g/mol. The van der Waals surface area contributed by atoms with Gasteiger partial charge in [0, 0.05) is 10.6 Å². The maximum absolute atomic E-state index is 11.9. The molecule has 27 heavy (non-hydrogen) atoms. The molecule has 0 aromatic heterocycles. The van der Waals surface area contributed by atoms with Gasteiger partial charge in [0.05, 0.1) is 32.0 Å². The molecule has 7 nitrogen and oxygen atoms in total. The molecule has 0 saturated carbocycles. The second kappa shape index (κ2) is 10.0. The Hall–Kier alpha value is -2.45. The number of methoxy groups -OCH3 is 3. The fourth-order valence-electron chi connectivity index (χ4n) is 2.12. The minimum atomic E-state index is -0.416. The van der Waals surface area contributed by atoms with Crippen LogP contribution >= 0.6 is 27.5 Å². The van der Waals surface area contributed by atoms with E-state index in [9.17, 15) is 4.79 Å². The van der Waals surface area contributed by atoms with Gasteiger partial charge in [-0.3, -0.25) is 4.79 Å². The molecule has 1 amide bonds. The third-order valence-corrected chi connectivity index (χ3v) is 4.20. The zero-order chi connectivity index (χ0) is 19.8. The van der Waals surface area contributed by atoms with Crippen molar-refractivity contribution in [2.24, 2.45) is 5.10 Å². The molecule has 2 aromatic carbocycles. The van der Waals surface area contributed by atoms with Crippen LogP contribution in [0.15, 0.2) is 39.9 Å². The lowest BCUT2D eigenvalue weighted by Crippen LogP contribution is -2.24. The number of rotatable bonds is 8. The van der Waals surface area contributed by atoms with Gasteiger partial charge < -0.3 is 18.9 Å². The van der Waals surface area contributed by atoms with Crippen molar-refractivity contribution in [3.63, 3.8) is 0 Å². The monoisotopic (exact) mass is 456 g/mol. The quantitative estimate of drug-likeness (QED) is 0.483. The number of benzene rings is 2. The summed E-state index contributed by atoms with van der Waals surface area (Å²) in [7, 11) is 4.56. The zero-order valence-electron chi connectivity index (χ0n) is 14.9. The lowest BCUT2D eigenvalue weighted by atomic mass is 10.2. The number of halogens is 2. The van der Waals surface area contributed by atoms with Crippen LogP contribution < -0.4 is 24.4 Å². The van der Waals surface area contributed by atoms with E-state index in [1.165, 1.54) is 27.5 Å². The molecule has 0 bridgehead atoms. The van der Waals surface area contributed by atoms with Crippen LogP contribution in [0.1, 0.15) is 5.56 Å². The van der Waals surface area contributed by atoms with Gasteiger partial charge in [-0.05, 0) is 46.3 Å². The van der Waals surface area contributed by atoms with E-state index in [0.29, 0.717) is 38.1 Å². The molecule has 144 valence electrons. The molecule has 0 unspecified atom stereocenters. The fraction of sp³-hybridized carbons (Fsp3) is 0.222. The van der Waals surface area contributed by atoms with Gasteiger partial charge in [0.15, 0.2) is 18.1 Å². The van der Waals surface area contributed by atoms with Gasteiger partial charge in [-0.2, -0.15) is 5.10 Å². The minimum absolute atomic E-state index is 0.202. The number of nitrogens with zero attached hydrogens (tertiary/aromatic N) is 1. The molecule has 1 N–H and O–H groups in total. The average Bonchev–Trinajstić information content (AvgIpc) is 2.66. The molecule has 0 fully saturated rings. The third-order valence-electron chi connectivity index (χ3n) is 3.34. The Labute approximate surface area is 170 Å². The van der Waals surface area contributed by atoms with Crippen LogP contribution in [0.3, 0.4) is 0 Å². The molecule has 0 saturated heterocycles. The Balaban J connectivity index is 1.97. The molecule has 2 aromatic rings.